The molecule has 4 heteroatoms. The molecule has 2 N–H and O–H groups in total. The maximum atomic E-state index is 12.1. The van der Waals surface area contributed by atoms with Crippen LogP contribution >= 0.6 is 0 Å². The van der Waals surface area contributed by atoms with E-state index in [1.807, 2.05) is 30.3 Å². The summed E-state index contributed by atoms with van der Waals surface area (Å²) < 4.78 is 0. The largest absolute Gasteiger partial charge is 0.322 e. The van der Waals surface area contributed by atoms with Crippen LogP contribution in [0.4, 0.5) is 0 Å². The van der Waals surface area contributed by atoms with Crippen molar-refractivity contribution in [3.8, 4) is 11.1 Å². The molecule has 24 heavy (non-hydrogen) atoms. The Morgan fingerprint density at radius 1 is 1.00 bits per heavy atom. The lowest BCUT2D eigenvalue weighted by atomic mass is 9.88. The quantitative estimate of drug-likeness (QED) is 0.759. The van der Waals surface area contributed by atoms with Crippen molar-refractivity contribution in [3.05, 3.63) is 70.5 Å². The van der Waals surface area contributed by atoms with Crippen LogP contribution in [0.25, 0.3) is 22.0 Å². The zero-order valence-corrected chi connectivity index (χ0v) is 13.7. The van der Waals surface area contributed by atoms with E-state index in [0.717, 1.165) is 22.0 Å². The first-order chi connectivity index (χ1) is 11.6. The zero-order valence-electron chi connectivity index (χ0n) is 13.7. The number of pyridine rings is 1. The van der Waals surface area contributed by atoms with Crippen molar-refractivity contribution in [2.45, 2.75) is 31.9 Å². The molecule has 0 amide bonds. The van der Waals surface area contributed by atoms with Crippen LogP contribution in [0.1, 0.15) is 25.3 Å². The van der Waals surface area contributed by atoms with Crippen molar-refractivity contribution in [1.29, 1.82) is 0 Å². The molecule has 2 aromatic carbocycles. The Morgan fingerprint density at radius 3 is 2.50 bits per heavy atom. The summed E-state index contributed by atoms with van der Waals surface area (Å²) in [6.45, 7) is 4.18. The van der Waals surface area contributed by atoms with Gasteiger partial charge in [0.15, 0.2) is 0 Å². The third-order valence-electron chi connectivity index (χ3n) is 4.82. The van der Waals surface area contributed by atoms with Gasteiger partial charge < -0.3 is 4.98 Å². The number of hydroxylamine groups is 1. The van der Waals surface area contributed by atoms with Gasteiger partial charge in [-0.3, -0.25) is 9.63 Å². The lowest BCUT2D eigenvalue weighted by Crippen LogP contribution is -2.22. The van der Waals surface area contributed by atoms with E-state index >= 15 is 0 Å². The maximum absolute atomic E-state index is 12.1. The summed E-state index contributed by atoms with van der Waals surface area (Å²) in [5.74, 6) is 0.262. The summed E-state index contributed by atoms with van der Waals surface area (Å²) >= 11 is 0. The molecule has 1 saturated heterocycles. The van der Waals surface area contributed by atoms with Crippen LogP contribution in [-0.2, 0) is 4.84 Å². The molecule has 3 unspecified atom stereocenters. The first-order valence-corrected chi connectivity index (χ1v) is 8.27. The second-order valence-corrected chi connectivity index (χ2v) is 6.47. The number of aromatic nitrogens is 1. The molecule has 0 bridgehead atoms. The molecule has 3 atom stereocenters. The number of benzene rings is 2. The molecule has 0 radical (unpaired) electrons. The highest BCUT2D eigenvalue weighted by Crippen LogP contribution is 2.33. The molecule has 0 saturated carbocycles. The van der Waals surface area contributed by atoms with Crippen LogP contribution in [-0.4, -0.2) is 17.1 Å². The first-order valence-electron chi connectivity index (χ1n) is 8.27. The molecule has 4 nitrogen and oxygen atoms in total. The highest BCUT2D eigenvalue weighted by atomic mass is 16.7. The van der Waals surface area contributed by atoms with E-state index in [-0.39, 0.29) is 23.6 Å². The minimum absolute atomic E-state index is 0.0830. The number of nitrogens with one attached hydrogen (secondary N) is 2. The van der Waals surface area contributed by atoms with Gasteiger partial charge in [-0.15, -0.1) is 0 Å². The molecule has 4 rings (SSSR count). The third kappa shape index (κ3) is 2.54. The van der Waals surface area contributed by atoms with Crippen LogP contribution in [0.5, 0.6) is 0 Å². The van der Waals surface area contributed by atoms with Crippen LogP contribution in [0.2, 0.25) is 0 Å². The van der Waals surface area contributed by atoms with Crippen LogP contribution in [0, 0.1) is 0 Å². The summed E-state index contributed by atoms with van der Waals surface area (Å²) in [5, 5.41) is 1.05. The molecule has 2 heterocycles. The molecule has 1 aliphatic rings. The smallest absolute Gasteiger partial charge is 0.249 e. The van der Waals surface area contributed by atoms with Gasteiger partial charge in [0.05, 0.1) is 6.10 Å². The van der Waals surface area contributed by atoms with Crippen molar-refractivity contribution in [2.75, 3.05) is 0 Å². The average molecular weight is 320 g/mol. The Hall–Kier alpha value is -2.43. The van der Waals surface area contributed by atoms with Crippen molar-refractivity contribution in [1.82, 2.24) is 10.5 Å². The van der Waals surface area contributed by atoms with Gasteiger partial charge in [-0.25, -0.2) is 0 Å². The molecule has 1 aromatic heterocycles. The van der Waals surface area contributed by atoms with Gasteiger partial charge in [-0.1, -0.05) is 42.5 Å². The summed E-state index contributed by atoms with van der Waals surface area (Å²) in [6.07, 6.45) is 0.0986. The van der Waals surface area contributed by atoms with Crippen molar-refractivity contribution in [3.63, 3.8) is 0 Å². The standard InChI is InChI=1S/C20H20N2O2/c1-12-20(13(2)24-22-12)15-8-9-16-17(14-6-4-3-5-7-14)11-19(23)21-18(16)10-15/h3-13,20,22H,1-2H3,(H,21,23). The fourth-order valence-corrected chi connectivity index (χ4v) is 3.67. The van der Waals surface area contributed by atoms with E-state index in [9.17, 15) is 4.79 Å². The lowest BCUT2D eigenvalue weighted by molar-refractivity contribution is 0.0354. The number of aromatic amines is 1. The Morgan fingerprint density at radius 2 is 1.79 bits per heavy atom. The number of rotatable bonds is 2. The van der Waals surface area contributed by atoms with E-state index in [4.69, 9.17) is 4.84 Å². The summed E-state index contributed by atoms with van der Waals surface area (Å²) in [7, 11) is 0. The van der Waals surface area contributed by atoms with Crippen molar-refractivity contribution in [2.24, 2.45) is 0 Å². The summed E-state index contributed by atoms with van der Waals surface area (Å²) in [4.78, 5) is 20.7. The van der Waals surface area contributed by atoms with E-state index in [0.29, 0.717) is 0 Å². The van der Waals surface area contributed by atoms with Crippen molar-refractivity contribution < 1.29 is 4.84 Å². The highest BCUT2D eigenvalue weighted by Gasteiger charge is 2.32. The van der Waals surface area contributed by atoms with Gasteiger partial charge in [-0.05, 0) is 36.6 Å². The second-order valence-electron chi connectivity index (χ2n) is 6.47. The minimum atomic E-state index is -0.0830. The summed E-state index contributed by atoms with van der Waals surface area (Å²) in [5.41, 5.74) is 7.01. The maximum Gasteiger partial charge on any atom is 0.249 e. The van der Waals surface area contributed by atoms with Gasteiger partial charge in [-0.2, -0.15) is 5.48 Å². The van der Waals surface area contributed by atoms with Gasteiger partial charge in [0.1, 0.15) is 0 Å². The monoisotopic (exact) mass is 320 g/mol. The average Bonchev–Trinajstić information content (AvgIpc) is 2.93. The Labute approximate surface area is 140 Å². The molecule has 0 aliphatic carbocycles. The molecular weight excluding hydrogens is 300 g/mol. The predicted octanol–water partition coefficient (Wildman–Crippen LogP) is 3.59. The van der Waals surface area contributed by atoms with Gasteiger partial charge >= 0.3 is 0 Å². The Kier molecular flexibility index (Phi) is 3.71. The molecule has 3 aromatic rings. The molecule has 1 aliphatic heterocycles. The SMILES string of the molecule is CC1NOC(C)C1c1ccc2c(-c3ccccc3)cc(=O)[nH]c2c1. The molecular formula is C20H20N2O2. The van der Waals surface area contributed by atoms with Crippen LogP contribution in [0.3, 0.4) is 0 Å². The first kappa shape index (κ1) is 15.1. The lowest BCUT2D eigenvalue weighted by Gasteiger charge is -2.18. The Bertz CT molecular complexity index is 923. The molecule has 1 fully saturated rings. The number of hydrogen-bond acceptors (Lipinski definition) is 3. The van der Waals surface area contributed by atoms with E-state index in [2.05, 4.69) is 42.5 Å². The number of H-pyrrole nitrogens is 1. The van der Waals surface area contributed by atoms with E-state index in [1.165, 1.54) is 5.56 Å². The number of fused-ring (bicyclic) bond motifs is 1. The second kappa shape index (κ2) is 5.89. The zero-order chi connectivity index (χ0) is 16.7. The van der Waals surface area contributed by atoms with E-state index < -0.39 is 0 Å². The van der Waals surface area contributed by atoms with Crippen LogP contribution < -0.4 is 11.0 Å². The molecule has 122 valence electrons. The Balaban J connectivity index is 1.88. The topological polar surface area (TPSA) is 54.1 Å². The van der Waals surface area contributed by atoms with Crippen molar-refractivity contribution >= 4 is 10.9 Å². The van der Waals surface area contributed by atoms with Gasteiger partial charge in [0, 0.05) is 28.9 Å². The number of hydrogen-bond donors (Lipinski definition) is 2. The van der Waals surface area contributed by atoms with Gasteiger partial charge in [0.25, 0.3) is 0 Å². The fourth-order valence-electron chi connectivity index (χ4n) is 3.67. The fraction of sp³-hybridized carbons (Fsp3) is 0.250. The van der Waals surface area contributed by atoms with Gasteiger partial charge in [0.2, 0.25) is 5.56 Å². The minimum Gasteiger partial charge on any atom is -0.322 e. The predicted molar refractivity (Wildman–Crippen MR) is 95.9 cm³/mol. The summed E-state index contributed by atoms with van der Waals surface area (Å²) in [6, 6.07) is 18.2. The van der Waals surface area contributed by atoms with Crippen LogP contribution in [0.15, 0.2) is 59.4 Å². The third-order valence-corrected chi connectivity index (χ3v) is 4.82. The normalized spacial score (nSPS) is 23.7. The highest BCUT2D eigenvalue weighted by molar-refractivity contribution is 5.94. The molecule has 0 spiro atoms. The van der Waals surface area contributed by atoms with E-state index in [1.54, 1.807) is 6.07 Å².